The van der Waals surface area contributed by atoms with Crippen LogP contribution in [-0.4, -0.2) is 0 Å². The minimum absolute atomic E-state index is 0.0394. The van der Waals surface area contributed by atoms with Gasteiger partial charge in [-0.1, -0.05) is 34.1 Å². The summed E-state index contributed by atoms with van der Waals surface area (Å²) in [5, 5.41) is 0. The first-order chi connectivity index (χ1) is 7.68. The van der Waals surface area contributed by atoms with Gasteiger partial charge in [0.1, 0.15) is 5.82 Å². The van der Waals surface area contributed by atoms with Gasteiger partial charge >= 0.3 is 0 Å². The molecule has 84 valence electrons. The predicted octanol–water partition coefficient (Wildman–Crippen LogP) is 4.86. The summed E-state index contributed by atoms with van der Waals surface area (Å²) in [5.74, 6) is -0.174. The van der Waals surface area contributed by atoms with E-state index >= 15 is 0 Å². The molecule has 1 heterocycles. The lowest BCUT2D eigenvalue weighted by atomic mass is 10.1. The minimum Gasteiger partial charge on any atom is -0.457 e. The Morgan fingerprint density at radius 2 is 2.00 bits per heavy atom. The van der Waals surface area contributed by atoms with Gasteiger partial charge in [0.2, 0.25) is 0 Å². The zero-order valence-corrected chi connectivity index (χ0v) is 11.5. The van der Waals surface area contributed by atoms with E-state index in [-0.39, 0.29) is 10.6 Å². The molecule has 0 saturated carbocycles. The van der Waals surface area contributed by atoms with Gasteiger partial charge in [0, 0.05) is 10.4 Å². The molecule has 4 heteroatoms. The molecule has 2 rings (SSSR count). The molecule has 0 aliphatic carbocycles. The smallest absolute Gasteiger partial charge is 0.173 e. The number of benzene rings is 1. The average molecular weight is 348 g/mol. The van der Waals surface area contributed by atoms with Gasteiger partial charge < -0.3 is 4.42 Å². The van der Waals surface area contributed by atoms with Crippen molar-refractivity contribution in [3.05, 3.63) is 58.2 Å². The van der Waals surface area contributed by atoms with Crippen LogP contribution < -0.4 is 0 Å². The Morgan fingerprint density at radius 1 is 1.25 bits per heavy atom. The van der Waals surface area contributed by atoms with E-state index in [2.05, 4.69) is 31.9 Å². The molecule has 0 radical (unpaired) electrons. The van der Waals surface area contributed by atoms with Gasteiger partial charge in [-0.05, 0) is 40.0 Å². The molecule has 16 heavy (non-hydrogen) atoms. The summed E-state index contributed by atoms with van der Waals surface area (Å²) < 4.78 is 19.3. The van der Waals surface area contributed by atoms with Gasteiger partial charge in [-0.2, -0.15) is 0 Å². The summed E-state index contributed by atoms with van der Waals surface area (Å²) in [6, 6.07) is 8.65. The Kier molecular flexibility index (Phi) is 3.82. The Bertz CT molecular complexity index is 481. The number of hydrogen-bond donors (Lipinski definition) is 0. The highest BCUT2D eigenvalue weighted by Gasteiger charge is 2.15. The fraction of sp³-hybridized carbons (Fsp3) is 0.167. The Balaban J connectivity index is 2.17. The second-order valence-electron chi connectivity index (χ2n) is 3.41. The summed E-state index contributed by atoms with van der Waals surface area (Å²) in [4.78, 5) is 0.0394. The molecule has 0 bridgehead atoms. The van der Waals surface area contributed by atoms with Gasteiger partial charge in [0.15, 0.2) is 4.67 Å². The highest BCUT2D eigenvalue weighted by atomic mass is 79.9. The normalized spacial score (nSPS) is 12.7. The summed E-state index contributed by atoms with van der Waals surface area (Å²) >= 11 is 6.84. The van der Waals surface area contributed by atoms with Crippen molar-refractivity contribution in [2.75, 3.05) is 0 Å². The fourth-order valence-corrected chi connectivity index (χ4v) is 3.03. The Labute approximate surface area is 110 Å². The van der Waals surface area contributed by atoms with Crippen molar-refractivity contribution in [2.45, 2.75) is 11.2 Å². The molecule has 0 aliphatic rings. The Hall–Kier alpha value is -0.610. The molecular weight excluding hydrogens is 339 g/mol. The quantitative estimate of drug-likeness (QED) is 0.722. The van der Waals surface area contributed by atoms with Crippen LogP contribution in [0, 0.1) is 5.82 Å². The number of rotatable bonds is 3. The first kappa shape index (κ1) is 11.9. The summed E-state index contributed by atoms with van der Waals surface area (Å²) in [6.07, 6.45) is 2.19. The van der Waals surface area contributed by atoms with Crippen LogP contribution in [0.5, 0.6) is 0 Å². The van der Waals surface area contributed by atoms with Crippen LogP contribution in [0.15, 0.2) is 45.7 Å². The third kappa shape index (κ3) is 2.55. The van der Waals surface area contributed by atoms with Crippen molar-refractivity contribution in [1.29, 1.82) is 0 Å². The molecule has 0 fully saturated rings. The molecule has 0 amide bonds. The summed E-state index contributed by atoms with van der Waals surface area (Å²) in [6.45, 7) is 0. The second-order valence-corrected chi connectivity index (χ2v) is 5.24. The first-order valence-corrected chi connectivity index (χ1v) is 6.49. The second kappa shape index (κ2) is 5.15. The van der Waals surface area contributed by atoms with E-state index in [1.54, 1.807) is 18.4 Å². The lowest BCUT2D eigenvalue weighted by Gasteiger charge is -2.09. The predicted molar refractivity (Wildman–Crippen MR) is 68.2 cm³/mol. The van der Waals surface area contributed by atoms with Crippen molar-refractivity contribution >= 4 is 31.9 Å². The van der Waals surface area contributed by atoms with Crippen LogP contribution in [0.4, 0.5) is 4.39 Å². The van der Waals surface area contributed by atoms with E-state index in [0.29, 0.717) is 16.7 Å². The largest absolute Gasteiger partial charge is 0.457 e. The van der Waals surface area contributed by atoms with Crippen molar-refractivity contribution in [3.63, 3.8) is 0 Å². The van der Waals surface area contributed by atoms with Gasteiger partial charge in [-0.25, -0.2) is 4.39 Å². The fourth-order valence-electron chi connectivity index (χ4n) is 1.50. The zero-order chi connectivity index (χ0) is 11.5. The molecule has 1 aromatic heterocycles. The van der Waals surface area contributed by atoms with Crippen LogP contribution in [0.1, 0.15) is 16.0 Å². The van der Waals surface area contributed by atoms with E-state index in [1.165, 1.54) is 6.07 Å². The lowest BCUT2D eigenvalue weighted by molar-refractivity contribution is 0.536. The maximum atomic E-state index is 13.4. The highest BCUT2D eigenvalue weighted by molar-refractivity contribution is 9.10. The van der Waals surface area contributed by atoms with E-state index in [1.807, 2.05) is 12.1 Å². The molecule has 0 N–H and O–H groups in total. The van der Waals surface area contributed by atoms with Crippen LogP contribution in [0.2, 0.25) is 0 Å². The number of halogens is 3. The first-order valence-electron chi connectivity index (χ1n) is 4.79. The van der Waals surface area contributed by atoms with Gasteiger partial charge in [-0.3, -0.25) is 0 Å². The molecular formula is C12H9Br2FO. The van der Waals surface area contributed by atoms with E-state index in [4.69, 9.17) is 4.42 Å². The molecule has 0 aliphatic heterocycles. The molecule has 0 spiro atoms. The van der Waals surface area contributed by atoms with Gasteiger partial charge in [0.25, 0.3) is 0 Å². The van der Waals surface area contributed by atoms with Crippen molar-refractivity contribution in [2.24, 2.45) is 0 Å². The third-order valence-corrected chi connectivity index (χ3v) is 3.80. The van der Waals surface area contributed by atoms with Gasteiger partial charge in [0.05, 0.1) is 6.26 Å². The van der Waals surface area contributed by atoms with E-state index in [9.17, 15) is 4.39 Å². The van der Waals surface area contributed by atoms with Crippen LogP contribution in [0.3, 0.4) is 0 Å². The maximum Gasteiger partial charge on any atom is 0.173 e. The summed E-state index contributed by atoms with van der Waals surface area (Å²) in [5.41, 5.74) is 1.68. The SMILES string of the molecule is Fc1ccccc1CC(Br)c1ccoc1Br. The summed E-state index contributed by atoms with van der Waals surface area (Å²) in [7, 11) is 0. The van der Waals surface area contributed by atoms with Crippen molar-refractivity contribution in [1.82, 2.24) is 0 Å². The van der Waals surface area contributed by atoms with Crippen LogP contribution in [0.25, 0.3) is 0 Å². The lowest BCUT2D eigenvalue weighted by Crippen LogP contribution is -1.97. The minimum atomic E-state index is -0.174. The van der Waals surface area contributed by atoms with Crippen molar-refractivity contribution < 1.29 is 8.81 Å². The molecule has 1 nitrogen and oxygen atoms in total. The number of alkyl halides is 1. The zero-order valence-electron chi connectivity index (χ0n) is 8.29. The topological polar surface area (TPSA) is 13.1 Å². The maximum absolute atomic E-state index is 13.4. The standard InChI is InChI=1S/C12H9Br2FO/c13-10(9-5-6-16-12(9)14)7-8-3-1-2-4-11(8)15/h1-6,10H,7H2. The molecule has 1 atom stereocenters. The highest BCUT2D eigenvalue weighted by Crippen LogP contribution is 2.33. The molecule has 1 unspecified atom stereocenters. The van der Waals surface area contributed by atoms with Crippen molar-refractivity contribution in [3.8, 4) is 0 Å². The molecule has 0 saturated heterocycles. The monoisotopic (exact) mass is 346 g/mol. The Morgan fingerprint density at radius 3 is 2.62 bits per heavy atom. The van der Waals surface area contributed by atoms with E-state index < -0.39 is 0 Å². The third-order valence-electron chi connectivity index (χ3n) is 2.34. The molecule has 1 aromatic carbocycles. The van der Waals surface area contributed by atoms with Crippen LogP contribution >= 0.6 is 31.9 Å². The van der Waals surface area contributed by atoms with E-state index in [0.717, 1.165) is 5.56 Å². The number of furan rings is 1. The molecule has 2 aromatic rings. The van der Waals surface area contributed by atoms with Gasteiger partial charge in [-0.15, -0.1) is 0 Å². The van der Waals surface area contributed by atoms with Crippen LogP contribution in [-0.2, 0) is 6.42 Å². The average Bonchev–Trinajstić information content (AvgIpc) is 2.68. The number of hydrogen-bond acceptors (Lipinski definition) is 1.